The minimum Gasteiger partial charge on any atom is -0.541 e. The minimum atomic E-state index is -2.71. The third-order valence-corrected chi connectivity index (χ3v) is 37.4. The zero-order valence-electron chi connectivity index (χ0n) is 75.2. The van der Waals surface area contributed by atoms with Gasteiger partial charge in [0.15, 0.2) is 8.38 Å². The van der Waals surface area contributed by atoms with Crippen LogP contribution in [-0.4, -0.2) is 232 Å². The van der Waals surface area contributed by atoms with Crippen LogP contribution in [0.1, 0.15) is 121 Å². The van der Waals surface area contributed by atoms with E-state index in [0.29, 0.717) is 33.0 Å². The number of rotatable bonds is 25. The largest absolute Gasteiger partial charge is 0.541 e. The third-order valence-electron chi connectivity index (χ3n) is 26.3. The van der Waals surface area contributed by atoms with Gasteiger partial charge < -0.3 is 115 Å². The molecule has 12 saturated heterocycles. The average Bonchev–Trinajstić information content (AvgIpc) is 0.914. The van der Waals surface area contributed by atoms with Gasteiger partial charge in [-0.05, 0) is 133 Å². The topological polar surface area (TPSA) is 272 Å². The van der Waals surface area contributed by atoms with Crippen molar-refractivity contribution >= 4 is 45.8 Å². The molecule has 12 heterocycles. The summed E-state index contributed by atoms with van der Waals surface area (Å²) in [7, 11) is -6.39. The van der Waals surface area contributed by atoms with Gasteiger partial charge >= 0.3 is 0 Å². The van der Waals surface area contributed by atoms with E-state index < -0.39 is 71.3 Å². The fourth-order valence-electron chi connectivity index (χ4n) is 19.1. The van der Waals surface area contributed by atoms with E-state index in [9.17, 15) is 20.4 Å². The molecular formula is C94H124NO23PSi2U6-6. The summed E-state index contributed by atoms with van der Waals surface area (Å²) in [5.74, 6) is 0. The van der Waals surface area contributed by atoms with Crippen LogP contribution in [0.25, 0.3) is 4.85 Å². The molecular weight excluding hydrogens is 3030 g/mol. The maximum absolute atomic E-state index is 10.7. The predicted octanol–water partition coefficient (Wildman–Crippen LogP) is 10.7. The van der Waals surface area contributed by atoms with E-state index in [1.54, 1.807) is 40.0 Å². The molecule has 6 aromatic carbocycles. The second-order valence-corrected chi connectivity index (χ2v) is 45.0. The Hall–Kier alpha value is 1.07. The van der Waals surface area contributed by atoms with E-state index in [4.69, 9.17) is 95.9 Å². The average molecular weight is 3150 g/mol. The van der Waals surface area contributed by atoms with Crippen molar-refractivity contribution in [1.82, 2.24) is 0 Å². The van der Waals surface area contributed by atoms with Crippen LogP contribution in [0.4, 0.5) is 0 Å². The van der Waals surface area contributed by atoms with Gasteiger partial charge in [-0.1, -0.05) is 237 Å². The maximum Gasteiger partial charge on any atom is 0.261 e. The van der Waals surface area contributed by atoms with E-state index in [2.05, 4.69) is 182 Å². The van der Waals surface area contributed by atoms with Crippen LogP contribution in [0.15, 0.2) is 182 Å². The number of nitrogens with zero attached hydrogens (tertiary/aromatic N) is 1. The Morgan fingerprint density at radius 2 is 0.661 bits per heavy atom. The molecule has 1 unspecified atom stereocenters. The summed E-state index contributed by atoms with van der Waals surface area (Å²) in [5.41, 5.74) is -1.76. The molecule has 12 fully saturated rings. The smallest absolute Gasteiger partial charge is 0.261 e. The molecule has 6 aromatic rings. The first-order valence-electron chi connectivity index (χ1n) is 42.4. The summed E-state index contributed by atoms with van der Waals surface area (Å²) >= 11 is 0. The Bertz CT molecular complexity index is 4180. The summed E-state index contributed by atoms with van der Waals surface area (Å²) in [6.07, 6.45) is -2.96. The third kappa shape index (κ3) is 23.3. The Balaban J connectivity index is 0.000000216. The number of aliphatic hydroxyl groups excluding tert-OH is 5. The van der Waals surface area contributed by atoms with Crippen molar-refractivity contribution in [3.8, 4) is 0 Å². The molecule has 0 saturated carbocycles. The van der Waals surface area contributed by atoms with Gasteiger partial charge in [0.05, 0.1) is 124 Å². The zero-order valence-corrected chi connectivity index (χ0v) is 103. The molecule has 0 aliphatic carbocycles. The van der Waals surface area contributed by atoms with Crippen molar-refractivity contribution in [3.05, 3.63) is 244 Å². The van der Waals surface area contributed by atoms with Crippen LogP contribution in [0, 0.1) is 233 Å². The van der Waals surface area contributed by atoms with Crippen molar-refractivity contribution in [2.45, 2.75) is 277 Å². The Morgan fingerprint density at radius 3 is 0.953 bits per heavy atom. The van der Waals surface area contributed by atoms with Gasteiger partial charge in [-0.15, -0.1) is 0 Å². The summed E-state index contributed by atoms with van der Waals surface area (Å²) in [6, 6.07) is 62.6. The molecule has 5 N–H and O–H groups in total. The van der Waals surface area contributed by atoms with Crippen LogP contribution in [0.3, 0.4) is 0 Å². The number of hydrogen-bond donors (Lipinski definition) is 5. The van der Waals surface area contributed by atoms with Gasteiger partial charge in [0.1, 0.15) is 29.0 Å². The van der Waals surface area contributed by atoms with Crippen molar-refractivity contribution < 1.29 is 296 Å². The molecule has 12 aliphatic heterocycles. The Labute approximate surface area is 897 Å². The first kappa shape index (κ1) is 115. The molecule has 18 rings (SSSR count). The molecule has 127 heavy (non-hydrogen) atoms. The van der Waals surface area contributed by atoms with Crippen LogP contribution in [-0.2, 0) is 97.4 Å². The predicted molar refractivity (Wildman–Crippen MR) is 460 cm³/mol. The number of hydrogen-bond acceptors (Lipinski definition) is 23. The van der Waals surface area contributed by atoms with Gasteiger partial charge in [-0.3, -0.25) is 0 Å². The van der Waals surface area contributed by atoms with Gasteiger partial charge in [0.2, 0.25) is 6.54 Å². The molecule has 0 spiro atoms. The summed E-state index contributed by atoms with van der Waals surface area (Å²) in [5, 5.41) is 53.2. The summed E-state index contributed by atoms with van der Waals surface area (Å²) in [4.78, 5) is 3.25. The fourth-order valence-corrected chi connectivity index (χ4v) is 29.3. The molecule has 686 valence electrons. The van der Waals surface area contributed by atoms with Gasteiger partial charge in [-0.2, -0.15) is 39.6 Å². The number of ether oxygens (including phenoxy) is 14. The standard InChI is InChI=1S/C30H35O4Si.C23H29O4Si.C14H17O4.C12H19NO4P.C8H13O3.C7H11O4.6U/c1-23-30(28(27(34-23)21-32-30)31-20-24-14-8-5-9-15-24)22-33-35(29(2,3)4,25-16-10-6-11-17-25)26-18-12-7-13-19-26;1-17-23(21(24)20(27-17)15-25-23)16-26-28(22(2,3)4,18-11-7-5-8-12-18)19-13-9-6-10-14-19;1-10-14(9-15)13(12(18-10)8-17-14)16-7-11-5-3-2-4-6-11;1-5-12-9(2)16-10(8-14-12)11(12)17-18(4)15-7-6-13-3;1-3-8-5(2)11-6(4-10-8)7(8)9;1-4-7(3-8)6(9)5(11-4)2-10-7;;;;;;/h5-19,21,23,27-28H,20,22H2,1-4H3;5-15,17,20-21,24H,16H2,1-4H3;2-6,8,10,12-13,15H,7,9H2,1H3;8-11H,5-7H2,1-2,4H3;4-7,9H,3H2,1-2H3;2,4-6,8-9H,3H2,1H3;;;;;;/q6*-1;;;;;;/t23-,27+,28+,30+;17-,20+,21+,23+;10-,12+,13+,14+;9-,10+,11+,12+,18?;5-,6+,7+,8+;4-,5+,6+,7+;;;;;;/m111111....../s1. The van der Waals surface area contributed by atoms with Crippen LogP contribution in [0.2, 0.25) is 10.1 Å². The summed E-state index contributed by atoms with van der Waals surface area (Å²) < 4.78 is 107. The molecule has 24 nitrogen and oxygen atoms in total. The first-order valence-corrected chi connectivity index (χ1v) is 47.9. The number of benzene rings is 6. The molecule has 33 heteroatoms. The van der Waals surface area contributed by atoms with E-state index >= 15 is 0 Å². The molecule has 25 atom stereocenters. The van der Waals surface area contributed by atoms with E-state index in [0.717, 1.165) is 24.0 Å². The molecule has 12 aliphatic rings. The number of aliphatic hydroxyl groups is 5. The van der Waals surface area contributed by atoms with Crippen molar-refractivity contribution in [2.24, 2.45) is 0 Å². The first-order chi connectivity index (χ1) is 58.0. The van der Waals surface area contributed by atoms with E-state index in [1.165, 1.54) is 27.4 Å². The normalized spacial score (nSPS) is 34.5. The minimum absolute atomic E-state index is 0. The quantitative estimate of drug-likeness (QED) is 0.0154. The molecule has 12 bridgehead atoms. The number of fused-ring (bicyclic) bond motifs is 12. The molecule has 0 amide bonds. The summed E-state index contributed by atoms with van der Waals surface area (Å²) in [6.45, 7) is 50.0. The monoisotopic (exact) mass is 3150 g/mol. The Kier molecular flexibility index (Phi) is 45.2. The second kappa shape index (κ2) is 50.0. The molecule has 0 aromatic heterocycles. The van der Waals surface area contributed by atoms with E-state index in [1.807, 2.05) is 102 Å². The SMILES string of the molecule is CC[C@]12O[CH-][C@H](O[C@@H]1C)[C@@H]2O.C[C@H]1O[C@H]2[CH-]O[C@]1(CO)[C@H]2O.C[C@H]1O[C@H]2[CH-]O[C@]1(CO)[C@H]2OCc1ccccc1.C[C@H]1O[C@H]2[CH-]O[C@]1(CO[Si](c1ccccc1)(c1ccccc1)C(C)(C)C)[C@H]2O.C[C@H]1O[C@H]2[CH-]O[C@]1(CO[Si](c1ccccc1)(c1ccccc1)C(C)(C)C)[C@H]2OCc1ccccc1.[C-]#[N+]CCOP(C)O[C@H]1[C@@H]2[CH-]O[C@@]1(CC)[C@@H](C)O2.[U].[U].[U].[U].[U].[U]. The van der Waals surface area contributed by atoms with Crippen LogP contribution in [0.5, 0.6) is 0 Å². The van der Waals surface area contributed by atoms with E-state index in [-0.39, 0.29) is 314 Å². The Morgan fingerprint density at radius 1 is 0.386 bits per heavy atom. The maximum atomic E-state index is 10.7. The van der Waals surface area contributed by atoms with Crippen LogP contribution >= 0.6 is 8.38 Å². The second-order valence-electron chi connectivity index (χ2n) is 35.1. The van der Waals surface area contributed by atoms with Crippen LogP contribution < -0.4 is 20.7 Å². The fraction of sp³-hybridized carbons (Fsp3) is 0.543. The van der Waals surface area contributed by atoms with Crippen molar-refractivity contribution in [2.75, 3.05) is 46.2 Å². The van der Waals surface area contributed by atoms with Gasteiger partial charge in [0, 0.05) is 193 Å². The van der Waals surface area contributed by atoms with Crippen molar-refractivity contribution in [3.63, 3.8) is 0 Å². The van der Waals surface area contributed by atoms with Gasteiger partial charge in [-0.25, -0.2) is 6.57 Å². The molecule has 0 radical (unpaired) electrons. The van der Waals surface area contributed by atoms with Crippen molar-refractivity contribution in [1.29, 1.82) is 0 Å². The zero-order chi connectivity index (χ0) is 86.4. The van der Waals surface area contributed by atoms with Gasteiger partial charge in [0.25, 0.3) is 16.6 Å².